The molecule has 0 amide bonds. The molecule has 2 aromatic heterocycles. The summed E-state index contributed by atoms with van der Waals surface area (Å²) in [5, 5.41) is 4.19. The molecule has 7 heteroatoms. The Morgan fingerprint density at radius 2 is 2.10 bits per heavy atom. The van der Waals surface area contributed by atoms with Crippen molar-refractivity contribution in [1.82, 2.24) is 14.2 Å². The van der Waals surface area contributed by atoms with E-state index >= 15 is 0 Å². The Labute approximate surface area is 122 Å². The highest BCUT2D eigenvalue weighted by atomic mass is 32.2. The SMILES string of the molecule is O=S(=O)(c1ccc(OC2CC2)nc1)n1cc2c(n1)CCC2. The number of rotatable bonds is 4. The molecule has 2 aliphatic carbocycles. The number of hydrogen-bond donors (Lipinski definition) is 0. The smallest absolute Gasteiger partial charge is 0.284 e. The highest BCUT2D eigenvalue weighted by molar-refractivity contribution is 7.89. The van der Waals surface area contributed by atoms with Crippen molar-refractivity contribution in [2.45, 2.75) is 43.1 Å². The third-order valence-corrected chi connectivity index (χ3v) is 5.30. The van der Waals surface area contributed by atoms with Crippen molar-refractivity contribution >= 4 is 10.0 Å². The average molecular weight is 305 g/mol. The fourth-order valence-electron chi connectivity index (χ4n) is 2.46. The summed E-state index contributed by atoms with van der Waals surface area (Å²) in [6, 6.07) is 3.12. The fraction of sp³-hybridized carbons (Fsp3) is 0.429. The lowest BCUT2D eigenvalue weighted by atomic mass is 10.3. The van der Waals surface area contributed by atoms with Gasteiger partial charge in [0.1, 0.15) is 11.0 Å². The standard InChI is InChI=1S/C14H15N3O3S/c18-21(19,17-9-10-2-1-3-13(10)16-17)12-6-7-14(15-8-12)20-11-4-5-11/h6-9,11H,1-5H2. The minimum Gasteiger partial charge on any atom is -0.474 e. The number of nitrogens with zero attached hydrogens (tertiary/aromatic N) is 3. The average Bonchev–Trinajstić information content (AvgIpc) is 3.00. The van der Waals surface area contributed by atoms with Gasteiger partial charge in [0.25, 0.3) is 10.0 Å². The summed E-state index contributed by atoms with van der Waals surface area (Å²) in [6.45, 7) is 0. The Hall–Kier alpha value is -1.89. The molecule has 0 unspecified atom stereocenters. The Kier molecular flexibility index (Phi) is 2.78. The Bertz CT molecular complexity index is 755. The van der Waals surface area contributed by atoms with Gasteiger partial charge in [-0.05, 0) is 43.7 Å². The van der Waals surface area contributed by atoms with Crippen LogP contribution in [0.2, 0.25) is 0 Å². The molecule has 1 fully saturated rings. The van der Waals surface area contributed by atoms with E-state index < -0.39 is 10.0 Å². The van der Waals surface area contributed by atoms with Crippen molar-refractivity contribution in [2.75, 3.05) is 0 Å². The van der Waals surface area contributed by atoms with Crippen LogP contribution in [0, 0.1) is 0 Å². The molecular weight excluding hydrogens is 290 g/mol. The Morgan fingerprint density at radius 3 is 2.76 bits per heavy atom. The van der Waals surface area contributed by atoms with Crippen LogP contribution >= 0.6 is 0 Å². The van der Waals surface area contributed by atoms with Gasteiger partial charge < -0.3 is 4.74 Å². The van der Waals surface area contributed by atoms with Gasteiger partial charge in [0.15, 0.2) is 0 Å². The first-order chi connectivity index (χ1) is 10.1. The van der Waals surface area contributed by atoms with E-state index in [-0.39, 0.29) is 11.0 Å². The first-order valence-electron chi connectivity index (χ1n) is 7.09. The molecule has 0 radical (unpaired) electrons. The first-order valence-corrected chi connectivity index (χ1v) is 8.53. The first kappa shape index (κ1) is 12.8. The maximum absolute atomic E-state index is 12.5. The van der Waals surface area contributed by atoms with Crippen molar-refractivity contribution in [2.24, 2.45) is 0 Å². The molecule has 1 saturated carbocycles. The van der Waals surface area contributed by atoms with Gasteiger partial charge >= 0.3 is 0 Å². The van der Waals surface area contributed by atoms with Gasteiger partial charge in [-0.1, -0.05) is 0 Å². The molecular formula is C14H15N3O3S. The Balaban J connectivity index is 1.63. The van der Waals surface area contributed by atoms with Crippen molar-refractivity contribution < 1.29 is 13.2 Å². The molecule has 6 nitrogen and oxygen atoms in total. The number of hydrogen-bond acceptors (Lipinski definition) is 5. The quantitative estimate of drug-likeness (QED) is 0.856. The number of pyridine rings is 1. The van der Waals surface area contributed by atoms with Gasteiger partial charge in [-0.2, -0.15) is 17.6 Å². The van der Waals surface area contributed by atoms with E-state index in [0.717, 1.165) is 47.4 Å². The molecule has 0 saturated heterocycles. The topological polar surface area (TPSA) is 74.1 Å². The van der Waals surface area contributed by atoms with E-state index in [4.69, 9.17) is 4.74 Å². The molecule has 110 valence electrons. The summed E-state index contributed by atoms with van der Waals surface area (Å²) < 4.78 is 31.6. The van der Waals surface area contributed by atoms with Crippen LogP contribution in [0.5, 0.6) is 5.88 Å². The summed E-state index contributed by atoms with van der Waals surface area (Å²) >= 11 is 0. The number of aromatic nitrogens is 3. The lowest BCUT2D eigenvalue weighted by Gasteiger charge is -2.06. The maximum Gasteiger partial charge on any atom is 0.284 e. The molecule has 0 bridgehead atoms. The largest absolute Gasteiger partial charge is 0.474 e. The second-order valence-electron chi connectivity index (χ2n) is 5.48. The second kappa shape index (κ2) is 4.56. The molecule has 2 aliphatic rings. The molecule has 0 N–H and O–H groups in total. The molecule has 2 aromatic rings. The van der Waals surface area contributed by atoms with Crippen LogP contribution in [0.1, 0.15) is 30.5 Å². The second-order valence-corrected chi connectivity index (χ2v) is 7.28. The summed E-state index contributed by atoms with van der Waals surface area (Å²) in [5.41, 5.74) is 1.92. The molecule has 0 aromatic carbocycles. The minimum atomic E-state index is -3.66. The summed E-state index contributed by atoms with van der Waals surface area (Å²) in [6.07, 6.45) is 8.08. The van der Waals surface area contributed by atoms with Crippen LogP contribution in [0.4, 0.5) is 0 Å². The van der Waals surface area contributed by atoms with Crippen LogP contribution in [-0.2, 0) is 22.9 Å². The van der Waals surface area contributed by atoms with Crippen molar-refractivity contribution in [3.05, 3.63) is 35.8 Å². The van der Waals surface area contributed by atoms with E-state index in [0.29, 0.717) is 5.88 Å². The molecule has 2 heterocycles. The molecule has 0 atom stereocenters. The molecule has 0 spiro atoms. The van der Waals surface area contributed by atoms with Crippen LogP contribution < -0.4 is 4.74 Å². The summed E-state index contributed by atoms with van der Waals surface area (Å²) in [7, 11) is -3.66. The van der Waals surface area contributed by atoms with Gasteiger partial charge in [-0.25, -0.2) is 4.98 Å². The zero-order valence-corrected chi connectivity index (χ0v) is 12.2. The van der Waals surface area contributed by atoms with Gasteiger partial charge in [-0.15, -0.1) is 0 Å². The number of aryl methyl sites for hydroxylation is 2. The van der Waals surface area contributed by atoms with Crippen LogP contribution in [-0.4, -0.2) is 28.7 Å². The highest BCUT2D eigenvalue weighted by Crippen LogP contribution is 2.26. The molecule has 21 heavy (non-hydrogen) atoms. The predicted octanol–water partition coefficient (Wildman–Crippen LogP) is 1.55. The van der Waals surface area contributed by atoms with Gasteiger partial charge in [0.05, 0.1) is 11.9 Å². The van der Waals surface area contributed by atoms with Gasteiger partial charge in [-0.3, -0.25) is 0 Å². The van der Waals surface area contributed by atoms with E-state index in [9.17, 15) is 8.42 Å². The van der Waals surface area contributed by atoms with Crippen molar-refractivity contribution in [3.63, 3.8) is 0 Å². The number of ether oxygens (including phenoxy) is 1. The third kappa shape index (κ3) is 2.31. The van der Waals surface area contributed by atoms with Gasteiger partial charge in [0.2, 0.25) is 5.88 Å². The van der Waals surface area contributed by atoms with Gasteiger partial charge in [0, 0.05) is 12.3 Å². The van der Waals surface area contributed by atoms with Crippen LogP contribution in [0.25, 0.3) is 0 Å². The van der Waals surface area contributed by atoms with E-state index in [1.54, 1.807) is 12.3 Å². The normalized spacial score (nSPS) is 17.7. The van der Waals surface area contributed by atoms with Crippen molar-refractivity contribution in [1.29, 1.82) is 0 Å². The van der Waals surface area contributed by atoms with E-state index in [2.05, 4.69) is 10.1 Å². The zero-order valence-electron chi connectivity index (χ0n) is 11.4. The highest BCUT2D eigenvalue weighted by Gasteiger charge is 2.25. The third-order valence-electron chi connectivity index (χ3n) is 3.78. The minimum absolute atomic E-state index is 0.131. The van der Waals surface area contributed by atoms with Crippen LogP contribution in [0.15, 0.2) is 29.4 Å². The predicted molar refractivity (Wildman–Crippen MR) is 74.7 cm³/mol. The van der Waals surface area contributed by atoms with E-state index in [1.165, 1.54) is 12.3 Å². The lowest BCUT2D eigenvalue weighted by Crippen LogP contribution is -2.14. The zero-order chi connectivity index (χ0) is 14.4. The lowest BCUT2D eigenvalue weighted by molar-refractivity contribution is 0.290. The van der Waals surface area contributed by atoms with Crippen LogP contribution in [0.3, 0.4) is 0 Å². The number of fused-ring (bicyclic) bond motifs is 1. The van der Waals surface area contributed by atoms with Crippen molar-refractivity contribution in [3.8, 4) is 5.88 Å². The maximum atomic E-state index is 12.5. The monoisotopic (exact) mass is 305 g/mol. The molecule has 4 rings (SSSR count). The molecule has 0 aliphatic heterocycles. The summed E-state index contributed by atoms with van der Waals surface area (Å²) in [4.78, 5) is 4.20. The summed E-state index contributed by atoms with van der Waals surface area (Å²) in [5.74, 6) is 0.472. The fourth-order valence-corrected chi connectivity index (χ4v) is 3.58. The Morgan fingerprint density at radius 1 is 1.24 bits per heavy atom. The van der Waals surface area contributed by atoms with E-state index in [1.807, 2.05) is 0 Å².